The Morgan fingerprint density at radius 1 is 1.00 bits per heavy atom. The first kappa shape index (κ1) is 21.9. The molecule has 5 rings (SSSR count). The number of rotatable bonds is 4. The van der Waals surface area contributed by atoms with E-state index in [9.17, 15) is 23.2 Å². The van der Waals surface area contributed by atoms with E-state index in [0.717, 1.165) is 34.5 Å². The number of ketones is 1. The normalized spacial score (nSPS) is 15.8. The minimum atomic E-state index is -0.888. The fraction of sp³-hybridized carbons (Fsp3) is 0.280. The second-order valence-electron chi connectivity index (χ2n) is 8.54. The van der Waals surface area contributed by atoms with Crippen molar-refractivity contribution in [2.45, 2.75) is 33.1 Å². The van der Waals surface area contributed by atoms with Crippen LogP contribution in [0.1, 0.15) is 51.9 Å². The Balaban J connectivity index is 1.59. The van der Waals surface area contributed by atoms with Crippen LogP contribution in [0.25, 0.3) is 5.69 Å². The molecule has 2 aliphatic rings. The van der Waals surface area contributed by atoms with Crippen molar-refractivity contribution in [2.24, 2.45) is 0 Å². The summed E-state index contributed by atoms with van der Waals surface area (Å²) in [6.07, 6.45) is 1.63. The quantitative estimate of drug-likeness (QED) is 0.547. The van der Waals surface area contributed by atoms with Crippen LogP contribution < -0.4 is 9.80 Å². The monoisotopic (exact) mass is 464 g/mol. The Morgan fingerprint density at radius 3 is 2.35 bits per heavy atom. The van der Waals surface area contributed by atoms with E-state index in [1.54, 1.807) is 11.0 Å². The zero-order valence-electron chi connectivity index (χ0n) is 18.8. The number of fused-ring (bicyclic) bond motifs is 1. The number of para-hydroxylation sites is 1. The topological polar surface area (TPSA) is 75.5 Å². The third-order valence-corrected chi connectivity index (χ3v) is 6.36. The molecular formula is C25H22F2N4O3. The molecule has 9 heteroatoms. The number of amides is 2. The Morgan fingerprint density at radius 2 is 1.74 bits per heavy atom. The van der Waals surface area contributed by atoms with Gasteiger partial charge in [-0.1, -0.05) is 6.07 Å². The molecule has 3 aromatic rings. The number of carbonyl (C=O) groups excluding carboxylic acids is 3. The highest BCUT2D eigenvalue weighted by atomic mass is 19.1. The molecule has 0 N–H and O–H groups in total. The number of aryl methyl sites for hydroxylation is 1. The lowest BCUT2D eigenvalue weighted by molar-refractivity contribution is -0.117. The van der Waals surface area contributed by atoms with Crippen LogP contribution in [0.5, 0.6) is 0 Å². The predicted octanol–water partition coefficient (Wildman–Crippen LogP) is 3.99. The summed E-state index contributed by atoms with van der Waals surface area (Å²) < 4.78 is 30.1. The number of nitrogens with zero attached hydrogens (tertiary/aromatic N) is 4. The average molecular weight is 464 g/mol. The average Bonchev–Trinajstić information content (AvgIpc) is 3.38. The van der Waals surface area contributed by atoms with E-state index in [2.05, 4.69) is 5.10 Å². The summed E-state index contributed by atoms with van der Waals surface area (Å²) in [7, 11) is 0. The van der Waals surface area contributed by atoms with Crippen LogP contribution in [-0.4, -0.2) is 40.5 Å². The Bertz CT molecular complexity index is 1340. The maximum absolute atomic E-state index is 14.6. The Kier molecular flexibility index (Phi) is 5.27. The van der Waals surface area contributed by atoms with E-state index in [0.29, 0.717) is 30.6 Å². The number of aromatic nitrogens is 2. The second kappa shape index (κ2) is 8.16. The number of carbonyl (C=O) groups is 3. The Labute approximate surface area is 194 Å². The van der Waals surface area contributed by atoms with Crippen molar-refractivity contribution in [2.75, 3.05) is 22.9 Å². The molecule has 0 unspecified atom stereocenters. The molecule has 2 aromatic carbocycles. The molecule has 34 heavy (non-hydrogen) atoms. The van der Waals surface area contributed by atoms with Crippen molar-refractivity contribution in [3.8, 4) is 5.69 Å². The fourth-order valence-electron chi connectivity index (χ4n) is 4.76. The smallest absolute Gasteiger partial charge is 0.277 e. The summed E-state index contributed by atoms with van der Waals surface area (Å²) >= 11 is 0. The van der Waals surface area contributed by atoms with Gasteiger partial charge in [-0.25, -0.2) is 13.5 Å². The van der Waals surface area contributed by atoms with Crippen LogP contribution >= 0.6 is 0 Å². The van der Waals surface area contributed by atoms with Crippen LogP contribution in [0.4, 0.5) is 20.2 Å². The molecule has 2 aliphatic heterocycles. The number of benzene rings is 2. The van der Waals surface area contributed by atoms with Gasteiger partial charge in [-0.15, -0.1) is 0 Å². The fourth-order valence-corrected chi connectivity index (χ4v) is 4.76. The molecule has 0 spiro atoms. The molecule has 1 saturated heterocycles. The van der Waals surface area contributed by atoms with E-state index in [4.69, 9.17) is 0 Å². The maximum atomic E-state index is 14.6. The molecule has 0 atom stereocenters. The van der Waals surface area contributed by atoms with Crippen molar-refractivity contribution in [1.29, 1.82) is 0 Å². The Hall–Kier alpha value is -3.88. The number of Topliss-reactive ketones (excluding diaryl/α,β-unsaturated/α-hetero) is 1. The van der Waals surface area contributed by atoms with Crippen LogP contribution in [-0.2, 0) is 11.2 Å². The number of hydrogen-bond donors (Lipinski definition) is 0. The van der Waals surface area contributed by atoms with Crippen molar-refractivity contribution < 1.29 is 23.2 Å². The van der Waals surface area contributed by atoms with Crippen LogP contribution in [0.3, 0.4) is 0 Å². The third kappa shape index (κ3) is 3.39. The van der Waals surface area contributed by atoms with Crippen molar-refractivity contribution in [1.82, 2.24) is 9.78 Å². The molecule has 7 nitrogen and oxygen atoms in total. The molecule has 1 fully saturated rings. The standard InChI is InChI=1S/C25H22F2N4O3/c1-14-13-16(8-9-20(14)30-11-4-7-21(30)33)29-12-10-17-22(15(2)32)28-31(23(17)25(29)34)24-18(26)5-3-6-19(24)27/h3,5-6,8-9,13H,4,7,10-12H2,1-2H3. The van der Waals surface area contributed by atoms with Crippen molar-refractivity contribution in [3.63, 3.8) is 0 Å². The first-order valence-corrected chi connectivity index (χ1v) is 11.1. The summed E-state index contributed by atoms with van der Waals surface area (Å²) in [5.74, 6) is -2.60. The van der Waals surface area contributed by atoms with Gasteiger partial charge in [0.1, 0.15) is 17.1 Å². The molecule has 0 bridgehead atoms. The number of anilines is 2. The van der Waals surface area contributed by atoms with Gasteiger partial charge in [-0.05, 0) is 55.7 Å². The van der Waals surface area contributed by atoms with Gasteiger partial charge in [0.25, 0.3) is 5.91 Å². The lowest BCUT2D eigenvalue weighted by Gasteiger charge is -2.29. The molecule has 1 aromatic heterocycles. The summed E-state index contributed by atoms with van der Waals surface area (Å²) in [5.41, 5.74) is 2.11. The van der Waals surface area contributed by atoms with Gasteiger partial charge >= 0.3 is 0 Å². The highest BCUT2D eigenvalue weighted by Gasteiger charge is 2.36. The summed E-state index contributed by atoms with van der Waals surface area (Å²) in [4.78, 5) is 41.2. The largest absolute Gasteiger partial charge is 0.312 e. The van der Waals surface area contributed by atoms with E-state index in [1.165, 1.54) is 17.9 Å². The molecule has 0 aliphatic carbocycles. The van der Waals surface area contributed by atoms with Gasteiger partial charge in [-0.3, -0.25) is 14.4 Å². The number of hydrogen-bond acceptors (Lipinski definition) is 4. The third-order valence-electron chi connectivity index (χ3n) is 6.36. The van der Waals surface area contributed by atoms with Crippen LogP contribution in [0.15, 0.2) is 36.4 Å². The summed E-state index contributed by atoms with van der Waals surface area (Å²) in [6.45, 7) is 4.12. The van der Waals surface area contributed by atoms with E-state index in [1.807, 2.05) is 19.1 Å². The van der Waals surface area contributed by atoms with Crippen molar-refractivity contribution in [3.05, 3.63) is 70.5 Å². The van der Waals surface area contributed by atoms with Gasteiger partial charge in [0.2, 0.25) is 5.91 Å². The first-order valence-electron chi connectivity index (χ1n) is 11.1. The molecule has 3 heterocycles. The molecule has 174 valence electrons. The van der Waals surface area contributed by atoms with Gasteiger partial charge in [0, 0.05) is 43.4 Å². The zero-order valence-corrected chi connectivity index (χ0v) is 18.8. The van der Waals surface area contributed by atoms with Crippen LogP contribution in [0, 0.1) is 18.6 Å². The van der Waals surface area contributed by atoms with Gasteiger partial charge < -0.3 is 9.80 Å². The molecule has 0 radical (unpaired) electrons. The minimum Gasteiger partial charge on any atom is -0.312 e. The SMILES string of the molecule is CC(=O)c1nn(-c2c(F)cccc2F)c2c1CCN(c1ccc(N3CCCC3=O)c(C)c1)C2=O. The van der Waals surface area contributed by atoms with E-state index >= 15 is 0 Å². The highest BCUT2D eigenvalue weighted by molar-refractivity contribution is 6.10. The van der Waals surface area contributed by atoms with E-state index < -0.39 is 23.2 Å². The molecular weight excluding hydrogens is 442 g/mol. The number of halogens is 2. The van der Waals surface area contributed by atoms with Gasteiger partial charge in [0.05, 0.1) is 0 Å². The summed E-state index contributed by atoms with van der Waals surface area (Å²) in [6, 6.07) is 8.76. The van der Waals surface area contributed by atoms with Gasteiger partial charge in [0.15, 0.2) is 17.4 Å². The second-order valence-corrected chi connectivity index (χ2v) is 8.54. The maximum Gasteiger partial charge on any atom is 0.277 e. The first-order chi connectivity index (χ1) is 16.3. The lowest BCUT2D eigenvalue weighted by atomic mass is 10.0. The van der Waals surface area contributed by atoms with Crippen molar-refractivity contribution >= 4 is 29.0 Å². The highest BCUT2D eigenvalue weighted by Crippen LogP contribution is 2.33. The molecule has 0 saturated carbocycles. The van der Waals surface area contributed by atoms with Crippen LogP contribution in [0.2, 0.25) is 0 Å². The summed E-state index contributed by atoms with van der Waals surface area (Å²) in [5, 5.41) is 4.15. The zero-order chi connectivity index (χ0) is 24.1. The van der Waals surface area contributed by atoms with E-state index in [-0.39, 0.29) is 29.6 Å². The predicted molar refractivity (Wildman–Crippen MR) is 122 cm³/mol. The minimum absolute atomic E-state index is 0.0306. The lowest BCUT2D eigenvalue weighted by Crippen LogP contribution is -2.39. The van der Waals surface area contributed by atoms with Gasteiger partial charge in [-0.2, -0.15) is 5.10 Å². The molecule has 2 amide bonds.